The molecule has 2 nitrogen and oxygen atoms in total. The molecule has 0 aliphatic heterocycles. The lowest BCUT2D eigenvalue weighted by Crippen LogP contribution is -2.35. The minimum atomic E-state index is -0.293. The van der Waals surface area contributed by atoms with Gasteiger partial charge in [0.15, 0.2) is 0 Å². The average molecular weight is 186 g/mol. The third-order valence-electron chi connectivity index (χ3n) is 3.12. The monoisotopic (exact) mass is 186 g/mol. The summed E-state index contributed by atoms with van der Waals surface area (Å²) in [5.41, 5.74) is -0.293. The first-order valence-electron chi connectivity index (χ1n) is 5.11. The molecule has 0 bridgehead atoms. The molecule has 78 valence electrons. The maximum absolute atomic E-state index is 11.6. The Morgan fingerprint density at radius 2 is 2.00 bits per heavy atom. The molecule has 0 heterocycles. The van der Waals surface area contributed by atoms with Crippen molar-refractivity contribution in [3.8, 4) is 0 Å². The molecule has 0 spiro atoms. The van der Waals surface area contributed by atoms with E-state index in [4.69, 9.17) is 4.74 Å². The maximum atomic E-state index is 11.6. The van der Waals surface area contributed by atoms with E-state index in [1.807, 2.05) is 6.92 Å². The Balaban J connectivity index is 4.60. The molecule has 13 heavy (non-hydrogen) atoms. The Labute approximate surface area is 81.7 Å². The molecular formula is C11H22O2. The second-order valence-electron chi connectivity index (χ2n) is 3.97. The largest absolute Gasteiger partial charge is 0.469 e. The molecular weight excluding hydrogens is 164 g/mol. The minimum absolute atomic E-state index is 0.0660. The summed E-state index contributed by atoms with van der Waals surface area (Å²) in [7, 11) is 1.47. The SMILES string of the molecule is CCCC(C)(C(=O)OC)C(C)CC. The van der Waals surface area contributed by atoms with Crippen LogP contribution in [0.2, 0.25) is 0 Å². The topological polar surface area (TPSA) is 26.3 Å². The Morgan fingerprint density at radius 1 is 1.46 bits per heavy atom. The van der Waals surface area contributed by atoms with Crippen molar-refractivity contribution in [2.45, 2.75) is 47.0 Å². The van der Waals surface area contributed by atoms with Crippen LogP contribution >= 0.6 is 0 Å². The lowest BCUT2D eigenvalue weighted by molar-refractivity contribution is -0.155. The molecule has 0 aromatic rings. The van der Waals surface area contributed by atoms with Gasteiger partial charge in [-0.25, -0.2) is 0 Å². The van der Waals surface area contributed by atoms with Crippen LogP contribution in [0.15, 0.2) is 0 Å². The Morgan fingerprint density at radius 3 is 2.31 bits per heavy atom. The summed E-state index contributed by atoms with van der Waals surface area (Å²) in [6.45, 7) is 8.34. The minimum Gasteiger partial charge on any atom is -0.469 e. The lowest BCUT2D eigenvalue weighted by Gasteiger charge is -2.32. The van der Waals surface area contributed by atoms with Gasteiger partial charge >= 0.3 is 5.97 Å². The summed E-state index contributed by atoms with van der Waals surface area (Å²) >= 11 is 0. The summed E-state index contributed by atoms with van der Waals surface area (Å²) in [4.78, 5) is 11.6. The summed E-state index contributed by atoms with van der Waals surface area (Å²) in [5, 5.41) is 0. The first kappa shape index (κ1) is 12.5. The highest BCUT2D eigenvalue weighted by Crippen LogP contribution is 2.35. The van der Waals surface area contributed by atoms with Crippen molar-refractivity contribution in [1.82, 2.24) is 0 Å². The normalized spacial score (nSPS) is 17.6. The number of esters is 1. The molecule has 2 unspecified atom stereocenters. The van der Waals surface area contributed by atoms with Crippen molar-refractivity contribution >= 4 is 5.97 Å². The van der Waals surface area contributed by atoms with Gasteiger partial charge in [0.25, 0.3) is 0 Å². The van der Waals surface area contributed by atoms with Crippen molar-refractivity contribution in [2.75, 3.05) is 7.11 Å². The Kier molecular flexibility index (Phi) is 5.04. The van der Waals surface area contributed by atoms with Crippen molar-refractivity contribution in [3.63, 3.8) is 0 Å². The highest BCUT2D eigenvalue weighted by atomic mass is 16.5. The zero-order valence-electron chi connectivity index (χ0n) is 9.52. The van der Waals surface area contributed by atoms with Crippen LogP contribution in [0.5, 0.6) is 0 Å². The van der Waals surface area contributed by atoms with E-state index in [9.17, 15) is 4.79 Å². The quantitative estimate of drug-likeness (QED) is 0.617. The number of carbonyl (C=O) groups excluding carboxylic acids is 1. The first-order chi connectivity index (χ1) is 6.02. The van der Waals surface area contributed by atoms with E-state index in [1.54, 1.807) is 0 Å². The standard InChI is InChI=1S/C11H22O2/c1-6-8-11(4,9(3)7-2)10(12)13-5/h9H,6-8H2,1-5H3. The molecule has 0 aliphatic carbocycles. The van der Waals surface area contributed by atoms with Gasteiger partial charge in [0, 0.05) is 0 Å². The molecule has 0 radical (unpaired) electrons. The van der Waals surface area contributed by atoms with E-state index >= 15 is 0 Å². The molecule has 0 saturated heterocycles. The Bertz CT molecular complexity index is 165. The van der Waals surface area contributed by atoms with Gasteiger partial charge in [-0.15, -0.1) is 0 Å². The number of carbonyl (C=O) groups is 1. The smallest absolute Gasteiger partial charge is 0.311 e. The molecule has 0 N–H and O–H groups in total. The van der Waals surface area contributed by atoms with Crippen LogP contribution in [0, 0.1) is 11.3 Å². The number of rotatable bonds is 5. The summed E-state index contributed by atoms with van der Waals surface area (Å²) < 4.78 is 4.85. The predicted octanol–water partition coefficient (Wildman–Crippen LogP) is 3.01. The summed E-state index contributed by atoms with van der Waals surface area (Å²) in [6, 6.07) is 0. The van der Waals surface area contributed by atoms with Crippen LogP contribution in [0.3, 0.4) is 0 Å². The van der Waals surface area contributed by atoms with Crippen LogP contribution in [0.4, 0.5) is 0 Å². The molecule has 0 aliphatic rings. The molecule has 2 atom stereocenters. The van der Waals surface area contributed by atoms with Gasteiger partial charge in [-0.2, -0.15) is 0 Å². The summed E-state index contributed by atoms with van der Waals surface area (Å²) in [5.74, 6) is 0.323. The molecule has 0 amide bonds. The van der Waals surface area contributed by atoms with Crippen molar-refractivity contribution in [1.29, 1.82) is 0 Å². The van der Waals surface area contributed by atoms with Gasteiger partial charge < -0.3 is 4.74 Å². The van der Waals surface area contributed by atoms with Crippen LogP contribution < -0.4 is 0 Å². The van der Waals surface area contributed by atoms with Gasteiger partial charge in [-0.1, -0.05) is 33.6 Å². The number of hydrogen-bond donors (Lipinski definition) is 0. The zero-order valence-corrected chi connectivity index (χ0v) is 9.52. The fourth-order valence-electron chi connectivity index (χ4n) is 1.75. The fourth-order valence-corrected chi connectivity index (χ4v) is 1.75. The summed E-state index contributed by atoms with van der Waals surface area (Å²) in [6.07, 6.45) is 2.95. The average Bonchev–Trinajstić information content (AvgIpc) is 2.15. The number of methoxy groups -OCH3 is 1. The second kappa shape index (κ2) is 5.25. The van der Waals surface area contributed by atoms with E-state index in [-0.39, 0.29) is 11.4 Å². The molecule has 0 rings (SSSR count). The van der Waals surface area contributed by atoms with Crippen LogP contribution in [0.25, 0.3) is 0 Å². The second-order valence-corrected chi connectivity index (χ2v) is 3.97. The van der Waals surface area contributed by atoms with Crippen molar-refractivity contribution < 1.29 is 9.53 Å². The van der Waals surface area contributed by atoms with Gasteiger partial charge in [0.05, 0.1) is 12.5 Å². The Hall–Kier alpha value is -0.530. The van der Waals surface area contributed by atoms with E-state index < -0.39 is 0 Å². The lowest BCUT2D eigenvalue weighted by atomic mass is 9.73. The van der Waals surface area contributed by atoms with Gasteiger partial charge in [0.1, 0.15) is 0 Å². The highest BCUT2D eigenvalue weighted by molar-refractivity contribution is 5.76. The maximum Gasteiger partial charge on any atom is 0.311 e. The highest BCUT2D eigenvalue weighted by Gasteiger charge is 2.37. The van der Waals surface area contributed by atoms with Gasteiger partial charge in [0.2, 0.25) is 0 Å². The number of hydrogen-bond acceptors (Lipinski definition) is 2. The first-order valence-corrected chi connectivity index (χ1v) is 5.11. The van der Waals surface area contributed by atoms with E-state index in [2.05, 4.69) is 20.8 Å². The fraction of sp³-hybridized carbons (Fsp3) is 0.909. The molecule has 0 aromatic carbocycles. The molecule has 0 saturated carbocycles. The third-order valence-corrected chi connectivity index (χ3v) is 3.12. The van der Waals surface area contributed by atoms with Crippen LogP contribution in [-0.2, 0) is 9.53 Å². The predicted molar refractivity (Wildman–Crippen MR) is 54.5 cm³/mol. The van der Waals surface area contributed by atoms with Gasteiger partial charge in [-0.05, 0) is 19.3 Å². The number of ether oxygens (including phenoxy) is 1. The van der Waals surface area contributed by atoms with Gasteiger partial charge in [-0.3, -0.25) is 4.79 Å². The van der Waals surface area contributed by atoms with E-state index in [0.29, 0.717) is 5.92 Å². The molecule has 0 fully saturated rings. The molecule has 2 heteroatoms. The van der Waals surface area contributed by atoms with Crippen molar-refractivity contribution in [3.05, 3.63) is 0 Å². The third kappa shape index (κ3) is 2.71. The van der Waals surface area contributed by atoms with Crippen LogP contribution in [-0.4, -0.2) is 13.1 Å². The van der Waals surface area contributed by atoms with E-state index in [1.165, 1.54) is 7.11 Å². The molecule has 0 aromatic heterocycles. The van der Waals surface area contributed by atoms with Crippen molar-refractivity contribution in [2.24, 2.45) is 11.3 Å². The van der Waals surface area contributed by atoms with E-state index in [0.717, 1.165) is 19.3 Å². The van der Waals surface area contributed by atoms with Crippen LogP contribution in [0.1, 0.15) is 47.0 Å². The zero-order chi connectivity index (χ0) is 10.5.